The van der Waals surface area contributed by atoms with E-state index in [1.165, 1.54) is 13.4 Å². The lowest BCUT2D eigenvalue weighted by Gasteiger charge is -2.16. The summed E-state index contributed by atoms with van der Waals surface area (Å²) in [5.41, 5.74) is 5.64. The Bertz CT molecular complexity index is 1630. The Morgan fingerprint density at radius 3 is 2.60 bits per heavy atom. The first-order valence-corrected chi connectivity index (χ1v) is 11.1. The van der Waals surface area contributed by atoms with Crippen LogP contribution in [-0.2, 0) is 4.74 Å². The molecule has 8 nitrogen and oxygen atoms in total. The van der Waals surface area contributed by atoms with Gasteiger partial charge in [0.2, 0.25) is 0 Å². The van der Waals surface area contributed by atoms with E-state index < -0.39 is 5.97 Å². The van der Waals surface area contributed by atoms with Crippen molar-refractivity contribution in [2.45, 2.75) is 13.8 Å². The molecule has 8 heteroatoms. The third-order valence-corrected chi connectivity index (χ3v) is 5.93. The van der Waals surface area contributed by atoms with E-state index in [9.17, 15) is 9.59 Å². The standard InChI is InChI=1S/C27H23N5O3/c1-16-8-4-7-11-23(16)32-25(30-22-10-6-5-9-19(22)27(34)35-3)24(17(2)31-32)18-12-13-21-20(14-18)26(33)29-15-28-21/h4-15,30H,1-3H3,(H,28,29,33). The van der Waals surface area contributed by atoms with Crippen LogP contribution in [0.3, 0.4) is 0 Å². The first-order valence-electron chi connectivity index (χ1n) is 11.1. The average molecular weight is 466 g/mol. The van der Waals surface area contributed by atoms with E-state index in [-0.39, 0.29) is 5.56 Å². The zero-order valence-electron chi connectivity index (χ0n) is 19.5. The van der Waals surface area contributed by atoms with E-state index in [0.29, 0.717) is 28.0 Å². The first kappa shape index (κ1) is 22.1. The fourth-order valence-electron chi connectivity index (χ4n) is 4.20. The molecule has 35 heavy (non-hydrogen) atoms. The third kappa shape index (κ3) is 3.95. The fourth-order valence-corrected chi connectivity index (χ4v) is 4.20. The molecule has 0 unspecified atom stereocenters. The maximum atomic E-state index is 12.4. The molecular formula is C27H23N5O3. The van der Waals surface area contributed by atoms with Crippen LogP contribution in [0, 0.1) is 13.8 Å². The monoisotopic (exact) mass is 465 g/mol. The largest absolute Gasteiger partial charge is 0.465 e. The van der Waals surface area contributed by atoms with Crippen LogP contribution in [-0.4, -0.2) is 32.8 Å². The van der Waals surface area contributed by atoms with Crippen molar-refractivity contribution in [3.8, 4) is 16.8 Å². The van der Waals surface area contributed by atoms with Gasteiger partial charge in [-0.15, -0.1) is 0 Å². The molecule has 0 atom stereocenters. The maximum Gasteiger partial charge on any atom is 0.339 e. The second kappa shape index (κ2) is 8.90. The summed E-state index contributed by atoms with van der Waals surface area (Å²) >= 11 is 0. The SMILES string of the molecule is COC(=O)c1ccccc1Nc1c(-c2ccc3[nH]cnc(=O)c3c2)c(C)nn1-c1ccccc1C. The molecule has 3 aromatic carbocycles. The van der Waals surface area contributed by atoms with Crippen molar-refractivity contribution in [3.63, 3.8) is 0 Å². The lowest BCUT2D eigenvalue weighted by atomic mass is 10.0. The number of anilines is 2. The van der Waals surface area contributed by atoms with Crippen molar-refractivity contribution < 1.29 is 9.53 Å². The van der Waals surface area contributed by atoms with Crippen LogP contribution >= 0.6 is 0 Å². The molecule has 174 valence electrons. The van der Waals surface area contributed by atoms with Crippen molar-refractivity contribution in [2.75, 3.05) is 12.4 Å². The highest BCUT2D eigenvalue weighted by molar-refractivity contribution is 5.97. The molecular weight excluding hydrogens is 442 g/mol. The van der Waals surface area contributed by atoms with Crippen LogP contribution in [0.1, 0.15) is 21.6 Å². The van der Waals surface area contributed by atoms with E-state index in [1.54, 1.807) is 12.1 Å². The van der Waals surface area contributed by atoms with Gasteiger partial charge in [0.05, 0.1) is 47.0 Å². The Morgan fingerprint density at radius 2 is 1.80 bits per heavy atom. The molecule has 2 N–H and O–H groups in total. The lowest BCUT2D eigenvalue weighted by molar-refractivity contribution is 0.0602. The van der Waals surface area contributed by atoms with Gasteiger partial charge >= 0.3 is 5.97 Å². The van der Waals surface area contributed by atoms with Gasteiger partial charge in [0, 0.05) is 5.56 Å². The molecule has 0 spiro atoms. The minimum absolute atomic E-state index is 0.310. The van der Waals surface area contributed by atoms with E-state index >= 15 is 0 Å². The van der Waals surface area contributed by atoms with Crippen LogP contribution in [0.5, 0.6) is 0 Å². The summed E-state index contributed by atoms with van der Waals surface area (Å²) in [5.74, 6) is 0.212. The quantitative estimate of drug-likeness (QED) is 0.357. The number of fused-ring (bicyclic) bond motifs is 1. The fraction of sp³-hybridized carbons (Fsp3) is 0.111. The number of hydrogen-bond acceptors (Lipinski definition) is 6. The Hall–Kier alpha value is -4.72. The molecule has 0 saturated heterocycles. The minimum Gasteiger partial charge on any atom is -0.465 e. The van der Waals surface area contributed by atoms with Crippen molar-refractivity contribution >= 4 is 28.4 Å². The van der Waals surface area contributed by atoms with Crippen molar-refractivity contribution in [2.24, 2.45) is 0 Å². The number of methoxy groups -OCH3 is 1. The number of carbonyl (C=O) groups excluding carboxylic acids is 1. The predicted molar refractivity (Wildman–Crippen MR) is 135 cm³/mol. The number of rotatable bonds is 5. The molecule has 0 aliphatic carbocycles. The molecule has 5 rings (SSSR count). The van der Waals surface area contributed by atoms with Gasteiger partial charge in [0.15, 0.2) is 0 Å². The van der Waals surface area contributed by atoms with Crippen LogP contribution in [0.4, 0.5) is 11.5 Å². The summed E-state index contributed by atoms with van der Waals surface area (Å²) in [6.07, 6.45) is 1.39. The Kier molecular flexibility index (Phi) is 5.62. The normalized spacial score (nSPS) is 10.9. The number of benzene rings is 3. The van der Waals surface area contributed by atoms with Gasteiger partial charge in [0.25, 0.3) is 5.56 Å². The van der Waals surface area contributed by atoms with Gasteiger partial charge in [-0.05, 0) is 55.3 Å². The molecule has 0 bridgehead atoms. The number of carbonyl (C=O) groups is 1. The number of aryl methyl sites for hydroxylation is 2. The van der Waals surface area contributed by atoms with Gasteiger partial charge in [0.1, 0.15) is 5.82 Å². The number of aromatic amines is 1. The topological polar surface area (TPSA) is 102 Å². The van der Waals surface area contributed by atoms with E-state index in [0.717, 1.165) is 28.1 Å². The molecule has 0 radical (unpaired) electrons. The van der Waals surface area contributed by atoms with E-state index in [1.807, 2.05) is 73.1 Å². The van der Waals surface area contributed by atoms with Gasteiger partial charge in [-0.3, -0.25) is 4.79 Å². The number of para-hydroxylation sites is 2. The number of esters is 1. The van der Waals surface area contributed by atoms with Crippen LogP contribution in [0.15, 0.2) is 77.9 Å². The first-order chi connectivity index (χ1) is 17.0. The van der Waals surface area contributed by atoms with Gasteiger partial charge in [-0.25, -0.2) is 9.48 Å². The van der Waals surface area contributed by atoms with Crippen molar-refractivity contribution in [3.05, 3.63) is 100 Å². The summed E-state index contributed by atoms with van der Waals surface area (Å²) < 4.78 is 6.81. The van der Waals surface area contributed by atoms with Crippen LogP contribution < -0.4 is 10.9 Å². The predicted octanol–water partition coefficient (Wildman–Crippen LogP) is 4.92. The lowest BCUT2D eigenvalue weighted by Crippen LogP contribution is -2.09. The summed E-state index contributed by atoms with van der Waals surface area (Å²) in [7, 11) is 1.35. The second-order valence-electron chi connectivity index (χ2n) is 8.14. The number of ether oxygens (including phenoxy) is 1. The molecule has 5 aromatic rings. The Labute approximate surface area is 201 Å². The molecule has 0 amide bonds. The highest BCUT2D eigenvalue weighted by Crippen LogP contribution is 2.37. The maximum absolute atomic E-state index is 12.4. The highest BCUT2D eigenvalue weighted by atomic mass is 16.5. The van der Waals surface area contributed by atoms with Gasteiger partial charge in [-0.2, -0.15) is 10.1 Å². The third-order valence-electron chi connectivity index (χ3n) is 5.93. The number of H-pyrrole nitrogens is 1. The molecule has 0 aliphatic rings. The molecule has 2 heterocycles. The number of nitrogens with one attached hydrogen (secondary N) is 2. The highest BCUT2D eigenvalue weighted by Gasteiger charge is 2.22. The summed E-state index contributed by atoms with van der Waals surface area (Å²) in [5, 5.41) is 8.76. The van der Waals surface area contributed by atoms with Crippen molar-refractivity contribution in [1.29, 1.82) is 0 Å². The smallest absolute Gasteiger partial charge is 0.339 e. The van der Waals surface area contributed by atoms with Gasteiger partial charge in [-0.1, -0.05) is 36.4 Å². The van der Waals surface area contributed by atoms with E-state index in [4.69, 9.17) is 9.84 Å². The molecule has 2 aromatic heterocycles. The zero-order valence-corrected chi connectivity index (χ0v) is 19.5. The van der Waals surface area contributed by atoms with Crippen LogP contribution in [0.25, 0.3) is 27.7 Å². The molecule has 0 saturated carbocycles. The zero-order chi connectivity index (χ0) is 24.5. The minimum atomic E-state index is -0.448. The molecule has 0 fully saturated rings. The van der Waals surface area contributed by atoms with E-state index in [2.05, 4.69) is 15.3 Å². The summed E-state index contributed by atoms with van der Waals surface area (Å²) in [6.45, 7) is 3.93. The van der Waals surface area contributed by atoms with Crippen LogP contribution in [0.2, 0.25) is 0 Å². The Balaban J connectivity index is 1.77. The van der Waals surface area contributed by atoms with Crippen molar-refractivity contribution in [1.82, 2.24) is 19.7 Å². The van der Waals surface area contributed by atoms with Gasteiger partial charge < -0.3 is 15.0 Å². The summed E-state index contributed by atoms with van der Waals surface area (Å²) in [4.78, 5) is 31.7. The molecule has 0 aliphatic heterocycles. The number of hydrogen-bond donors (Lipinski definition) is 2. The Morgan fingerprint density at radius 1 is 1.03 bits per heavy atom. The second-order valence-corrected chi connectivity index (χ2v) is 8.14. The number of aromatic nitrogens is 4. The summed E-state index contributed by atoms with van der Waals surface area (Å²) in [6, 6.07) is 20.7. The average Bonchev–Trinajstić information content (AvgIpc) is 3.19. The number of nitrogens with zero attached hydrogens (tertiary/aromatic N) is 3.